The summed E-state index contributed by atoms with van der Waals surface area (Å²) in [6, 6.07) is 13.5. The maximum Gasteiger partial charge on any atom is 0.306 e. The number of hydrogen-bond donors (Lipinski definition) is 1. The highest BCUT2D eigenvalue weighted by Crippen LogP contribution is 2.32. The predicted octanol–water partition coefficient (Wildman–Crippen LogP) is 3.64. The Bertz CT molecular complexity index is 1150. The normalized spacial score (nSPS) is 12.0. The molecule has 0 spiro atoms. The molecule has 166 valence electrons. The molecule has 8 heteroatoms. The van der Waals surface area contributed by atoms with Crippen molar-refractivity contribution >= 4 is 17.6 Å². The number of ether oxygens (including phenoxy) is 3. The molecule has 8 nitrogen and oxygen atoms in total. The Morgan fingerprint density at radius 2 is 1.81 bits per heavy atom. The molecule has 0 saturated heterocycles. The number of anilines is 1. The first-order valence-electron chi connectivity index (χ1n) is 10.4. The van der Waals surface area contributed by atoms with Crippen LogP contribution >= 0.6 is 0 Å². The number of nitrogens with zero attached hydrogens (tertiary/aromatic N) is 2. The molecule has 3 aromatic rings. The SMILES string of the molecule is Cc1ccc(-n2nc(C)c(NC(=O)COC(=O)CCc3ccc4c(c3)OCO4)c2C)cc1. The Labute approximate surface area is 186 Å². The average molecular weight is 435 g/mol. The van der Waals surface area contributed by atoms with Gasteiger partial charge < -0.3 is 19.5 Å². The van der Waals surface area contributed by atoms with Gasteiger partial charge in [0.25, 0.3) is 5.91 Å². The second-order valence-electron chi connectivity index (χ2n) is 7.69. The van der Waals surface area contributed by atoms with Crippen LogP contribution in [0.15, 0.2) is 42.5 Å². The van der Waals surface area contributed by atoms with Crippen LogP contribution in [0.5, 0.6) is 11.5 Å². The highest BCUT2D eigenvalue weighted by atomic mass is 16.7. The summed E-state index contributed by atoms with van der Waals surface area (Å²) in [4.78, 5) is 24.4. The van der Waals surface area contributed by atoms with Crippen LogP contribution in [-0.4, -0.2) is 35.1 Å². The van der Waals surface area contributed by atoms with Gasteiger partial charge in [-0.1, -0.05) is 23.8 Å². The summed E-state index contributed by atoms with van der Waals surface area (Å²) in [5, 5.41) is 7.33. The van der Waals surface area contributed by atoms with Crippen LogP contribution < -0.4 is 14.8 Å². The van der Waals surface area contributed by atoms with E-state index in [4.69, 9.17) is 14.2 Å². The fourth-order valence-electron chi connectivity index (χ4n) is 3.50. The number of carbonyl (C=O) groups is 2. The Hall–Kier alpha value is -3.81. The zero-order valence-corrected chi connectivity index (χ0v) is 18.3. The Balaban J connectivity index is 1.29. The minimum absolute atomic E-state index is 0.163. The van der Waals surface area contributed by atoms with Gasteiger partial charge in [0.2, 0.25) is 6.79 Å². The van der Waals surface area contributed by atoms with Crippen LogP contribution in [0.3, 0.4) is 0 Å². The number of esters is 1. The standard InChI is InChI=1S/C24H25N3O5/c1-15-4-8-19(9-5-15)27-17(3)24(16(2)26-27)25-22(28)13-30-23(29)11-7-18-6-10-20-21(12-18)32-14-31-20/h4-6,8-10,12H,7,11,13-14H2,1-3H3,(H,25,28). The van der Waals surface area contributed by atoms with E-state index in [0.717, 1.165) is 22.5 Å². The van der Waals surface area contributed by atoms with Gasteiger partial charge in [-0.3, -0.25) is 9.59 Å². The lowest BCUT2D eigenvalue weighted by Crippen LogP contribution is -2.21. The van der Waals surface area contributed by atoms with Crippen LogP contribution in [0, 0.1) is 20.8 Å². The molecule has 1 aromatic heterocycles. The van der Waals surface area contributed by atoms with Crippen molar-refractivity contribution in [2.24, 2.45) is 0 Å². The van der Waals surface area contributed by atoms with Crippen molar-refractivity contribution in [2.75, 3.05) is 18.7 Å². The van der Waals surface area contributed by atoms with Crippen molar-refractivity contribution in [1.29, 1.82) is 0 Å². The van der Waals surface area contributed by atoms with E-state index in [1.165, 1.54) is 0 Å². The molecular formula is C24H25N3O5. The van der Waals surface area contributed by atoms with Crippen LogP contribution in [0.1, 0.15) is 28.9 Å². The molecule has 0 radical (unpaired) electrons. The Kier molecular flexibility index (Phi) is 6.11. The van der Waals surface area contributed by atoms with E-state index in [-0.39, 0.29) is 19.8 Å². The first kappa shape index (κ1) is 21.4. The van der Waals surface area contributed by atoms with Gasteiger partial charge in [0.1, 0.15) is 0 Å². The van der Waals surface area contributed by atoms with Crippen LogP contribution in [0.25, 0.3) is 5.69 Å². The fourth-order valence-corrected chi connectivity index (χ4v) is 3.50. The minimum atomic E-state index is -0.443. The molecule has 1 N–H and O–H groups in total. The van der Waals surface area contributed by atoms with E-state index in [2.05, 4.69) is 10.4 Å². The van der Waals surface area contributed by atoms with Crippen molar-refractivity contribution < 1.29 is 23.8 Å². The number of carbonyl (C=O) groups excluding carboxylic acids is 2. The van der Waals surface area contributed by atoms with Gasteiger partial charge in [0.05, 0.1) is 22.8 Å². The summed E-state index contributed by atoms with van der Waals surface area (Å²) in [5.74, 6) is 0.522. The number of fused-ring (bicyclic) bond motifs is 1. The summed E-state index contributed by atoms with van der Waals surface area (Å²) in [7, 11) is 0. The molecule has 2 heterocycles. The van der Waals surface area contributed by atoms with Crippen LogP contribution in [-0.2, 0) is 20.7 Å². The zero-order chi connectivity index (χ0) is 22.7. The van der Waals surface area contributed by atoms with Gasteiger partial charge in [0.15, 0.2) is 18.1 Å². The van der Waals surface area contributed by atoms with E-state index in [1.54, 1.807) is 4.68 Å². The third-order valence-corrected chi connectivity index (χ3v) is 5.25. The molecule has 1 aliphatic rings. The molecule has 32 heavy (non-hydrogen) atoms. The number of aryl methyl sites for hydroxylation is 3. The summed E-state index contributed by atoms with van der Waals surface area (Å²) in [5.41, 5.74) is 5.10. The van der Waals surface area contributed by atoms with E-state index in [9.17, 15) is 9.59 Å². The molecule has 4 rings (SSSR count). The quantitative estimate of drug-likeness (QED) is 0.570. The predicted molar refractivity (Wildman–Crippen MR) is 118 cm³/mol. The minimum Gasteiger partial charge on any atom is -0.456 e. The maximum absolute atomic E-state index is 12.4. The van der Waals surface area contributed by atoms with E-state index in [0.29, 0.717) is 29.3 Å². The number of aromatic nitrogens is 2. The van der Waals surface area contributed by atoms with Crippen LogP contribution in [0.4, 0.5) is 5.69 Å². The van der Waals surface area contributed by atoms with Crippen molar-refractivity contribution in [3.8, 4) is 17.2 Å². The van der Waals surface area contributed by atoms with Gasteiger partial charge >= 0.3 is 5.97 Å². The first-order chi connectivity index (χ1) is 15.4. The van der Waals surface area contributed by atoms with E-state index in [1.807, 2.05) is 63.2 Å². The average Bonchev–Trinajstić information content (AvgIpc) is 3.36. The summed E-state index contributed by atoms with van der Waals surface area (Å²) >= 11 is 0. The summed E-state index contributed by atoms with van der Waals surface area (Å²) in [6.07, 6.45) is 0.648. The maximum atomic E-state index is 12.4. The van der Waals surface area contributed by atoms with Gasteiger partial charge in [-0.25, -0.2) is 4.68 Å². The van der Waals surface area contributed by atoms with E-state index < -0.39 is 11.9 Å². The number of amides is 1. The molecule has 1 amide bonds. The number of benzene rings is 2. The molecule has 2 aromatic carbocycles. The zero-order valence-electron chi connectivity index (χ0n) is 18.3. The lowest BCUT2D eigenvalue weighted by molar-refractivity contribution is -0.147. The van der Waals surface area contributed by atoms with Gasteiger partial charge in [-0.05, 0) is 57.0 Å². The Morgan fingerprint density at radius 3 is 2.59 bits per heavy atom. The summed E-state index contributed by atoms with van der Waals surface area (Å²) in [6.45, 7) is 5.58. The van der Waals surface area contributed by atoms with Gasteiger partial charge in [-0.2, -0.15) is 5.10 Å². The monoisotopic (exact) mass is 435 g/mol. The van der Waals surface area contributed by atoms with E-state index >= 15 is 0 Å². The lowest BCUT2D eigenvalue weighted by Gasteiger charge is -2.08. The molecule has 1 aliphatic heterocycles. The largest absolute Gasteiger partial charge is 0.456 e. The highest BCUT2D eigenvalue weighted by molar-refractivity contribution is 5.94. The molecular weight excluding hydrogens is 410 g/mol. The van der Waals surface area contributed by atoms with Crippen molar-refractivity contribution in [3.63, 3.8) is 0 Å². The number of rotatable bonds is 7. The first-order valence-corrected chi connectivity index (χ1v) is 10.4. The fraction of sp³-hybridized carbons (Fsp3) is 0.292. The molecule has 0 aliphatic carbocycles. The summed E-state index contributed by atoms with van der Waals surface area (Å²) < 4.78 is 17.5. The smallest absolute Gasteiger partial charge is 0.306 e. The molecule has 0 unspecified atom stereocenters. The second kappa shape index (κ2) is 9.13. The van der Waals surface area contributed by atoms with Crippen molar-refractivity contribution in [3.05, 3.63) is 65.0 Å². The van der Waals surface area contributed by atoms with Crippen molar-refractivity contribution in [2.45, 2.75) is 33.6 Å². The topological polar surface area (TPSA) is 91.7 Å². The highest BCUT2D eigenvalue weighted by Gasteiger charge is 2.17. The van der Waals surface area contributed by atoms with Crippen LogP contribution in [0.2, 0.25) is 0 Å². The van der Waals surface area contributed by atoms with Gasteiger partial charge in [0, 0.05) is 6.42 Å². The third-order valence-electron chi connectivity index (χ3n) is 5.25. The molecule has 0 bridgehead atoms. The lowest BCUT2D eigenvalue weighted by atomic mass is 10.1. The number of hydrogen-bond acceptors (Lipinski definition) is 6. The molecule has 0 atom stereocenters. The second-order valence-corrected chi connectivity index (χ2v) is 7.69. The number of nitrogens with one attached hydrogen (secondary N) is 1. The molecule has 0 fully saturated rings. The van der Waals surface area contributed by atoms with Crippen molar-refractivity contribution in [1.82, 2.24) is 9.78 Å². The Morgan fingerprint density at radius 1 is 1.06 bits per heavy atom. The van der Waals surface area contributed by atoms with Gasteiger partial charge in [-0.15, -0.1) is 0 Å². The molecule has 0 saturated carbocycles. The third kappa shape index (κ3) is 4.74.